The number of amides is 2. The zero-order chi connectivity index (χ0) is 19.1. The Morgan fingerprint density at radius 2 is 1.07 bits per heavy atom. The van der Waals surface area contributed by atoms with Crippen LogP contribution in [0, 0.1) is 5.82 Å². The summed E-state index contributed by atoms with van der Waals surface area (Å²) in [6.45, 7) is 0.629. The van der Waals surface area contributed by atoms with Crippen LogP contribution in [-0.4, -0.2) is 11.8 Å². The normalized spacial score (nSPS) is 10.3. The molecule has 0 spiro atoms. The van der Waals surface area contributed by atoms with E-state index in [1.54, 1.807) is 36.4 Å². The van der Waals surface area contributed by atoms with E-state index in [4.69, 9.17) is 0 Å². The average Bonchev–Trinajstić information content (AvgIpc) is 2.72. The molecule has 5 heteroatoms. The summed E-state index contributed by atoms with van der Waals surface area (Å²) in [5.41, 5.74) is 2.36. The van der Waals surface area contributed by atoms with E-state index in [0.717, 1.165) is 11.1 Å². The summed E-state index contributed by atoms with van der Waals surface area (Å²) in [5.74, 6) is -0.998. The molecule has 0 aliphatic rings. The Bertz CT molecular complexity index is 925. The van der Waals surface area contributed by atoms with Crippen molar-refractivity contribution in [1.82, 2.24) is 10.6 Å². The molecule has 3 aromatic carbocycles. The number of hydrogen-bond acceptors (Lipinski definition) is 2. The van der Waals surface area contributed by atoms with Gasteiger partial charge in [-0.05, 0) is 35.4 Å². The number of hydrogen-bond donors (Lipinski definition) is 2. The first-order valence-electron chi connectivity index (χ1n) is 8.57. The van der Waals surface area contributed by atoms with Gasteiger partial charge in [0.05, 0.1) is 11.1 Å². The molecular weight excluding hydrogens is 343 g/mol. The molecule has 0 aliphatic heterocycles. The Morgan fingerprint density at radius 3 is 1.59 bits per heavy atom. The van der Waals surface area contributed by atoms with Crippen LogP contribution in [0.15, 0.2) is 78.9 Å². The van der Waals surface area contributed by atoms with E-state index in [0.29, 0.717) is 17.7 Å². The van der Waals surface area contributed by atoms with Crippen LogP contribution in [0.25, 0.3) is 0 Å². The second kappa shape index (κ2) is 8.76. The molecule has 0 unspecified atom stereocenters. The van der Waals surface area contributed by atoms with Crippen molar-refractivity contribution < 1.29 is 14.0 Å². The van der Waals surface area contributed by atoms with Crippen LogP contribution in [0.2, 0.25) is 0 Å². The van der Waals surface area contributed by atoms with E-state index in [-0.39, 0.29) is 24.2 Å². The zero-order valence-corrected chi connectivity index (χ0v) is 14.6. The highest BCUT2D eigenvalue weighted by Gasteiger charge is 2.16. The van der Waals surface area contributed by atoms with Crippen molar-refractivity contribution in [2.75, 3.05) is 0 Å². The Hall–Kier alpha value is -3.47. The molecule has 2 amide bonds. The highest BCUT2D eigenvalue weighted by atomic mass is 19.1. The topological polar surface area (TPSA) is 58.2 Å². The lowest BCUT2D eigenvalue weighted by molar-refractivity contribution is 0.0916. The summed E-state index contributed by atoms with van der Waals surface area (Å²) in [6, 6.07) is 22.1. The predicted molar refractivity (Wildman–Crippen MR) is 102 cm³/mol. The Balaban J connectivity index is 1.66. The van der Waals surface area contributed by atoms with E-state index in [1.165, 1.54) is 12.1 Å². The quantitative estimate of drug-likeness (QED) is 0.703. The lowest BCUT2D eigenvalue weighted by Crippen LogP contribution is -2.29. The van der Waals surface area contributed by atoms with Crippen LogP contribution in [-0.2, 0) is 13.1 Å². The molecule has 0 fully saturated rings. The van der Waals surface area contributed by atoms with E-state index < -0.39 is 0 Å². The minimum absolute atomic E-state index is 0.249. The molecule has 0 heterocycles. The van der Waals surface area contributed by atoms with E-state index in [9.17, 15) is 14.0 Å². The van der Waals surface area contributed by atoms with Crippen molar-refractivity contribution in [3.8, 4) is 0 Å². The SMILES string of the molecule is O=C(NCc1ccccc1)c1ccccc1C(=O)NCc1ccc(F)cc1. The summed E-state index contributed by atoms with van der Waals surface area (Å²) in [6.07, 6.45) is 0. The van der Waals surface area contributed by atoms with Crippen LogP contribution in [0.1, 0.15) is 31.8 Å². The maximum atomic E-state index is 13.0. The number of benzene rings is 3. The van der Waals surface area contributed by atoms with E-state index in [1.807, 2.05) is 30.3 Å². The van der Waals surface area contributed by atoms with Gasteiger partial charge in [0.25, 0.3) is 11.8 Å². The number of carbonyl (C=O) groups is 2. The standard InChI is InChI=1S/C22H19FN2O2/c23-18-12-10-17(11-13-18)15-25-22(27)20-9-5-4-8-19(20)21(26)24-14-16-6-2-1-3-7-16/h1-13H,14-15H2,(H,24,26)(H,25,27). The molecule has 2 N–H and O–H groups in total. The third kappa shape index (κ3) is 5.01. The summed E-state index contributed by atoms with van der Waals surface area (Å²) in [7, 11) is 0. The van der Waals surface area contributed by atoms with Gasteiger partial charge in [0.15, 0.2) is 0 Å². The molecule has 0 bridgehead atoms. The number of carbonyl (C=O) groups excluding carboxylic acids is 2. The van der Waals surface area contributed by atoms with Crippen molar-refractivity contribution in [3.05, 3.63) is 107 Å². The van der Waals surface area contributed by atoms with E-state index in [2.05, 4.69) is 10.6 Å². The first-order valence-corrected chi connectivity index (χ1v) is 8.57. The summed E-state index contributed by atoms with van der Waals surface area (Å²) < 4.78 is 13.0. The third-order valence-electron chi connectivity index (χ3n) is 4.08. The summed E-state index contributed by atoms with van der Waals surface area (Å²) in [4.78, 5) is 25.0. The van der Waals surface area contributed by atoms with Gasteiger partial charge in [-0.3, -0.25) is 9.59 Å². The fourth-order valence-electron chi connectivity index (χ4n) is 2.63. The molecule has 27 heavy (non-hydrogen) atoms. The lowest BCUT2D eigenvalue weighted by Gasteiger charge is -2.11. The molecule has 3 rings (SSSR count). The van der Waals surface area contributed by atoms with Gasteiger partial charge in [-0.2, -0.15) is 0 Å². The van der Waals surface area contributed by atoms with Crippen LogP contribution in [0.5, 0.6) is 0 Å². The van der Waals surface area contributed by atoms with E-state index >= 15 is 0 Å². The zero-order valence-electron chi connectivity index (χ0n) is 14.6. The number of halogens is 1. The van der Waals surface area contributed by atoms with Gasteiger partial charge in [0, 0.05) is 13.1 Å². The third-order valence-corrected chi connectivity index (χ3v) is 4.08. The highest BCUT2D eigenvalue weighted by molar-refractivity contribution is 6.07. The van der Waals surface area contributed by atoms with Gasteiger partial charge in [0.2, 0.25) is 0 Å². The van der Waals surface area contributed by atoms with Crippen LogP contribution in [0.4, 0.5) is 4.39 Å². The van der Waals surface area contributed by atoms with Gasteiger partial charge >= 0.3 is 0 Å². The molecular formula is C22H19FN2O2. The molecule has 3 aromatic rings. The smallest absolute Gasteiger partial charge is 0.252 e. The lowest BCUT2D eigenvalue weighted by atomic mass is 10.1. The minimum Gasteiger partial charge on any atom is -0.348 e. The number of nitrogens with one attached hydrogen (secondary N) is 2. The Morgan fingerprint density at radius 1 is 0.630 bits per heavy atom. The fraction of sp³-hybridized carbons (Fsp3) is 0.0909. The summed E-state index contributed by atoms with van der Waals surface area (Å²) >= 11 is 0. The van der Waals surface area contributed by atoms with Crippen molar-refractivity contribution in [1.29, 1.82) is 0 Å². The maximum Gasteiger partial charge on any atom is 0.252 e. The maximum absolute atomic E-state index is 13.0. The van der Waals surface area contributed by atoms with Crippen LogP contribution < -0.4 is 10.6 Å². The molecule has 136 valence electrons. The van der Waals surface area contributed by atoms with Crippen LogP contribution in [0.3, 0.4) is 0 Å². The van der Waals surface area contributed by atoms with Gasteiger partial charge in [-0.15, -0.1) is 0 Å². The van der Waals surface area contributed by atoms with Gasteiger partial charge in [0.1, 0.15) is 5.82 Å². The molecule has 0 aromatic heterocycles. The number of rotatable bonds is 6. The van der Waals surface area contributed by atoms with Crippen molar-refractivity contribution in [2.45, 2.75) is 13.1 Å². The van der Waals surface area contributed by atoms with Crippen molar-refractivity contribution in [3.63, 3.8) is 0 Å². The molecule has 0 radical (unpaired) electrons. The first-order chi connectivity index (χ1) is 13.1. The van der Waals surface area contributed by atoms with Gasteiger partial charge in [-0.1, -0.05) is 54.6 Å². The highest BCUT2D eigenvalue weighted by Crippen LogP contribution is 2.10. The molecule has 0 atom stereocenters. The molecule has 4 nitrogen and oxygen atoms in total. The predicted octanol–water partition coefficient (Wildman–Crippen LogP) is 3.69. The molecule has 0 aliphatic carbocycles. The molecule has 0 saturated carbocycles. The van der Waals surface area contributed by atoms with Gasteiger partial charge in [-0.25, -0.2) is 4.39 Å². The van der Waals surface area contributed by atoms with Crippen molar-refractivity contribution >= 4 is 11.8 Å². The first kappa shape index (κ1) is 18.3. The molecule has 0 saturated heterocycles. The van der Waals surface area contributed by atoms with Crippen LogP contribution >= 0.6 is 0 Å². The fourth-order valence-corrected chi connectivity index (χ4v) is 2.63. The van der Waals surface area contributed by atoms with Gasteiger partial charge < -0.3 is 10.6 Å². The Labute approximate surface area is 157 Å². The monoisotopic (exact) mass is 362 g/mol. The Kier molecular flexibility index (Phi) is 5.94. The average molecular weight is 362 g/mol. The second-order valence-corrected chi connectivity index (χ2v) is 6.02. The summed E-state index contributed by atoms with van der Waals surface area (Å²) in [5, 5.41) is 5.59. The minimum atomic E-state index is -0.357. The second-order valence-electron chi connectivity index (χ2n) is 6.02. The largest absolute Gasteiger partial charge is 0.348 e. The van der Waals surface area contributed by atoms with Crippen molar-refractivity contribution in [2.24, 2.45) is 0 Å².